The summed E-state index contributed by atoms with van der Waals surface area (Å²) in [6.45, 7) is 6.34. The van der Waals surface area contributed by atoms with E-state index in [9.17, 15) is 4.79 Å². The van der Waals surface area contributed by atoms with Crippen molar-refractivity contribution >= 4 is 57.7 Å². The first-order valence-electron chi connectivity index (χ1n) is 20.0. The predicted molar refractivity (Wildman–Crippen MR) is 241 cm³/mol. The Morgan fingerprint density at radius 3 is 1.38 bits per heavy atom. The number of fused-ring (bicyclic) bond motifs is 8. The zero-order chi connectivity index (χ0) is 39.3. The fraction of sp³-hybridized carbons (Fsp3) is 0.113. The van der Waals surface area contributed by atoms with Gasteiger partial charge in [-0.2, -0.15) is 0 Å². The summed E-state index contributed by atoms with van der Waals surface area (Å²) in [7, 11) is 0. The van der Waals surface area contributed by atoms with E-state index in [1.165, 1.54) is 16.7 Å². The Labute approximate surface area is 338 Å². The average molecular weight is 751 g/mol. The molecule has 0 fully saturated rings. The van der Waals surface area contributed by atoms with E-state index in [-0.39, 0.29) is 11.7 Å². The van der Waals surface area contributed by atoms with Crippen molar-refractivity contribution in [3.63, 3.8) is 0 Å². The van der Waals surface area contributed by atoms with E-state index in [0.717, 1.165) is 94.9 Å². The first-order chi connectivity index (χ1) is 28.3. The minimum absolute atomic E-state index is 0.0253. The third-order valence-electron chi connectivity index (χ3n) is 11.6. The molecule has 0 amide bonds. The standard InChI is InChI=1S/C53H42N4O/c1-32-9-15-37(16-10-32)51-44-23-21-42(54-44)41(30-35-29-40(50(58)31-35)36-7-5-4-6-8-36)43-22-24-45(55-43)52(38-17-11-33(2)12-18-38)47-26-28-49(57-47)53(48-27-25-46(51)56-48)39-19-13-34(3)14-20-39/h4-29,35,54,57H,30-31H2,1-3H3. The molecule has 280 valence electrons. The predicted octanol–water partition coefficient (Wildman–Crippen LogP) is 12.8. The zero-order valence-electron chi connectivity index (χ0n) is 32.8. The number of hydrogen-bond donors (Lipinski definition) is 2. The molecule has 5 nitrogen and oxygen atoms in total. The third kappa shape index (κ3) is 6.54. The number of aromatic nitrogens is 4. The molecule has 3 aromatic heterocycles. The number of carbonyl (C=O) groups is 1. The molecular formula is C53H42N4O. The van der Waals surface area contributed by atoms with E-state index in [0.29, 0.717) is 12.8 Å². The molecule has 0 radical (unpaired) electrons. The second-order valence-corrected chi connectivity index (χ2v) is 15.7. The summed E-state index contributed by atoms with van der Waals surface area (Å²) >= 11 is 0. The van der Waals surface area contributed by atoms with Gasteiger partial charge in [0.25, 0.3) is 0 Å². The van der Waals surface area contributed by atoms with E-state index in [4.69, 9.17) is 9.97 Å². The highest BCUT2D eigenvalue weighted by atomic mass is 16.1. The minimum atomic E-state index is 0.0253. The lowest BCUT2D eigenvalue weighted by atomic mass is 9.97. The molecule has 7 aromatic rings. The highest BCUT2D eigenvalue weighted by Crippen LogP contribution is 2.38. The maximum Gasteiger partial charge on any atom is 0.163 e. The smallest absolute Gasteiger partial charge is 0.163 e. The van der Waals surface area contributed by atoms with Gasteiger partial charge < -0.3 is 9.97 Å². The number of aryl methyl sites for hydroxylation is 3. The first kappa shape index (κ1) is 35.3. The third-order valence-corrected chi connectivity index (χ3v) is 11.6. The van der Waals surface area contributed by atoms with Crippen LogP contribution in [0.2, 0.25) is 0 Å². The van der Waals surface area contributed by atoms with Crippen molar-refractivity contribution in [3.05, 3.63) is 184 Å². The highest BCUT2D eigenvalue weighted by Gasteiger charge is 2.27. The normalized spacial score (nSPS) is 14.6. The molecule has 1 atom stereocenters. The Bertz CT molecular complexity index is 2970. The van der Waals surface area contributed by atoms with Crippen LogP contribution in [0.3, 0.4) is 0 Å². The largest absolute Gasteiger partial charge is 0.355 e. The Balaban J connectivity index is 1.29. The summed E-state index contributed by atoms with van der Waals surface area (Å²) in [6.07, 6.45) is 11.8. The second kappa shape index (κ2) is 14.4. The summed E-state index contributed by atoms with van der Waals surface area (Å²) in [5, 5.41) is 0. The Morgan fingerprint density at radius 1 is 0.483 bits per heavy atom. The first-order valence-corrected chi connectivity index (χ1v) is 20.0. The van der Waals surface area contributed by atoms with Crippen molar-refractivity contribution < 1.29 is 4.79 Å². The van der Waals surface area contributed by atoms with Crippen LogP contribution in [0.15, 0.2) is 133 Å². The van der Waals surface area contributed by atoms with Gasteiger partial charge in [0.2, 0.25) is 0 Å². The lowest BCUT2D eigenvalue weighted by Crippen LogP contribution is -2.03. The summed E-state index contributed by atoms with van der Waals surface area (Å²) < 4.78 is 0. The summed E-state index contributed by atoms with van der Waals surface area (Å²) in [5.41, 5.74) is 20.2. The van der Waals surface area contributed by atoms with Gasteiger partial charge in [-0.1, -0.05) is 126 Å². The van der Waals surface area contributed by atoms with Crippen molar-refractivity contribution in [1.82, 2.24) is 19.9 Å². The average Bonchev–Trinajstić information content (AvgIpc) is 4.10. The monoisotopic (exact) mass is 750 g/mol. The van der Waals surface area contributed by atoms with Gasteiger partial charge in [-0.3, -0.25) is 4.79 Å². The van der Waals surface area contributed by atoms with Crippen LogP contribution in [0.5, 0.6) is 0 Å². The number of nitrogens with zero attached hydrogens (tertiary/aromatic N) is 2. The SMILES string of the molecule is Cc1ccc(-c2c3nc(c(-c4ccc(C)cc4)c4ccc([nH]4)c(-c4ccc(C)cc4)c4nc(c(CC5C=C(c6ccccc6)C(=O)C5)c5ccc2[nH]5)C=C4)C=C3)cc1. The van der Waals surface area contributed by atoms with Crippen LogP contribution in [0, 0.1) is 26.7 Å². The molecule has 58 heavy (non-hydrogen) atoms. The van der Waals surface area contributed by atoms with Crippen molar-refractivity contribution in [3.8, 4) is 33.4 Å². The molecule has 1 aliphatic carbocycles. The zero-order valence-corrected chi connectivity index (χ0v) is 32.8. The van der Waals surface area contributed by atoms with Crippen LogP contribution >= 0.6 is 0 Å². The molecule has 8 bridgehead atoms. The maximum atomic E-state index is 13.5. The number of carbonyl (C=O) groups excluding carboxylic acids is 1. The van der Waals surface area contributed by atoms with Gasteiger partial charge in [0.05, 0.1) is 22.8 Å². The number of H-pyrrole nitrogens is 2. The van der Waals surface area contributed by atoms with Crippen LogP contribution in [-0.4, -0.2) is 25.7 Å². The maximum absolute atomic E-state index is 13.5. The fourth-order valence-corrected chi connectivity index (χ4v) is 8.55. The number of allylic oxidation sites excluding steroid dienone is 2. The van der Waals surface area contributed by atoms with Gasteiger partial charge >= 0.3 is 0 Å². The van der Waals surface area contributed by atoms with E-state index in [2.05, 4.69) is 158 Å². The van der Waals surface area contributed by atoms with Crippen molar-refractivity contribution in [2.24, 2.45) is 5.92 Å². The number of ketones is 1. The highest BCUT2D eigenvalue weighted by molar-refractivity contribution is 6.22. The fourth-order valence-electron chi connectivity index (χ4n) is 8.55. The van der Waals surface area contributed by atoms with Gasteiger partial charge in [-0.15, -0.1) is 0 Å². The van der Waals surface area contributed by atoms with Gasteiger partial charge in [0.15, 0.2) is 5.78 Å². The van der Waals surface area contributed by atoms with Crippen molar-refractivity contribution in [2.45, 2.75) is 33.6 Å². The quantitative estimate of drug-likeness (QED) is 0.178. The summed E-state index contributed by atoms with van der Waals surface area (Å²) in [6, 6.07) is 44.7. The van der Waals surface area contributed by atoms with Gasteiger partial charge in [-0.05, 0) is 104 Å². The Morgan fingerprint density at radius 2 is 0.897 bits per heavy atom. The molecule has 0 spiro atoms. The number of rotatable bonds is 6. The molecule has 5 heteroatoms. The van der Waals surface area contributed by atoms with Crippen molar-refractivity contribution in [1.29, 1.82) is 0 Å². The lowest BCUT2D eigenvalue weighted by Gasteiger charge is -2.09. The molecule has 3 aliphatic rings. The van der Waals surface area contributed by atoms with Crippen molar-refractivity contribution in [2.75, 3.05) is 0 Å². The number of aromatic amines is 2. The lowest BCUT2D eigenvalue weighted by molar-refractivity contribution is -0.113. The van der Waals surface area contributed by atoms with E-state index < -0.39 is 0 Å². The molecule has 0 saturated carbocycles. The van der Waals surface area contributed by atoms with Gasteiger partial charge in [0.1, 0.15) is 0 Å². The topological polar surface area (TPSA) is 74.4 Å². The van der Waals surface area contributed by atoms with Crippen LogP contribution in [0.4, 0.5) is 0 Å². The summed E-state index contributed by atoms with van der Waals surface area (Å²) in [5.74, 6) is 0.207. The van der Waals surface area contributed by atoms with Crippen LogP contribution < -0.4 is 0 Å². The number of nitrogens with one attached hydrogen (secondary N) is 2. The molecule has 2 aliphatic heterocycles. The van der Waals surface area contributed by atoms with Crippen LogP contribution in [0.1, 0.15) is 57.0 Å². The second-order valence-electron chi connectivity index (χ2n) is 15.7. The van der Waals surface area contributed by atoms with Gasteiger partial charge in [-0.25, -0.2) is 9.97 Å². The van der Waals surface area contributed by atoms with Gasteiger partial charge in [0, 0.05) is 56.3 Å². The molecule has 1 unspecified atom stereocenters. The number of hydrogen-bond acceptors (Lipinski definition) is 3. The number of benzene rings is 4. The van der Waals surface area contributed by atoms with E-state index in [1.54, 1.807) is 0 Å². The molecule has 5 heterocycles. The van der Waals surface area contributed by atoms with Crippen LogP contribution in [-0.2, 0) is 11.2 Å². The molecular weight excluding hydrogens is 709 g/mol. The van der Waals surface area contributed by atoms with E-state index >= 15 is 0 Å². The molecule has 0 saturated heterocycles. The molecule has 10 rings (SSSR count). The molecule has 2 N–H and O–H groups in total. The van der Waals surface area contributed by atoms with E-state index in [1.807, 2.05) is 30.3 Å². The Hall–Kier alpha value is -7.11. The minimum Gasteiger partial charge on any atom is -0.355 e. The number of Topliss-reactive ketones (excluding diaryl/α,β-unsaturated/α-hetero) is 1. The Kier molecular flexibility index (Phi) is 8.79. The summed E-state index contributed by atoms with van der Waals surface area (Å²) in [4.78, 5) is 32.1. The van der Waals surface area contributed by atoms with Crippen LogP contribution in [0.25, 0.3) is 85.3 Å². The molecule has 4 aromatic carbocycles.